The molecule has 0 unspecified atom stereocenters. The summed E-state index contributed by atoms with van der Waals surface area (Å²) in [5.74, 6) is 2.14. The quantitative estimate of drug-likeness (QED) is 0.903. The first kappa shape index (κ1) is 10.7. The van der Waals surface area contributed by atoms with Crippen LogP contribution in [0.3, 0.4) is 0 Å². The Labute approximate surface area is 104 Å². The van der Waals surface area contributed by atoms with Crippen molar-refractivity contribution in [2.24, 2.45) is 0 Å². The Morgan fingerprint density at radius 1 is 1.47 bits per heavy atom. The fraction of sp³-hybridized carbons (Fsp3) is 0.333. The average molecular weight is 247 g/mol. The topological polar surface area (TPSA) is 51.0 Å². The van der Waals surface area contributed by atoms with E-state index in [0.717, 1.165) is 30.1 Å². The van der Waals surface area contributed by atoms with Gasteiger partial charge in [-0.3, -0.25) is 0 Å². The third-order valence-electron chi connectivity index (χ3n) is 2.81. The van der Waals surface area contributed by atoms with Crippen LogP contribution in [-0.4, -0.2) is 22.9 Å². The molecule has 1 aromatic heterocycles. The lowest BCUT2D eigenvalue weighted by atomic mass is 10.1. The van der Waals surface area contributed by atoms with E-state index in [1.807, 2.05) is 12.3 Å². The van der Waals surface area contributed by atoms with Crippen molar-refractivity contribution in [2.75, 3.05) is 18.1 Å². The van der Waals surface area contributed by atoms with Crippen molar-refractivity contribution in [2.45, 2.75) is 12.2 Å². The fourth-order valence-electron chi connectivity index (χ4n) is 1.98. The van der Waals surface area contributed by atoms with E-state index < -0.39 is 0 Å². The molecule has 5 heteroatoms. The predicted octanol–water partition coefficient (Wildman–Crippen LogP) is 2.57. The Balaban J connectivity index is 1.92. The maximum absolute atomic E-state index is 5.26. The molecule has 4 nitrogen and oxygen atoms in total. The van der Waals surface area contributed by atoms with E-state index in [1.165, 1.54) is 11.3 Å². The first-order chi connectivity index (χ1) is 8.36. The summed E-state index contributed by atoms with van der Waals surface area (Å²) in [5, 5.41) is 7.30. The molecule has 0 spiro atoms. The normalized spacial score (nSPS) is 13.5. The molecule has 1 N–H and O–H groups in total. The van der Waals surface area contributed by atoms with E-state index in [0.29, 0.717) is 5.89 Å². The smallest absolute Gasteiger partial charge is 0.258 e. The van der Waals surface area contributed by atoms with Crippen molar-refractivity contribution < 1.29 is 4.52 Å². The van der Waals surface area contributed by atoms with Crippen LogP contribution in [-0.2, 0) is 12.2 Å². The lowest BCUT2D eigenvalue weighted by Crippen LogP contribution is -1.91. The molecule has 0 aliphatic carbocycles. The zero-order valence-corrected chi connectivity index (χ0v) is 10.4. The molecule has 3 rings (SSSR count). The van der Waals surface area contributed by atoms with Gasteiger partial charge in [0, 0.05) is 17.8 Å². The molecule has 0 atom stereocenters. The van der Waals surface area contributed by atoms with Crippen LogP contribution in [0.1, 0.15) is 11.4 Å². The summed E-state index contributed by atoms with van der Waals surface area (Å²) < 4.78 is 5.26. The lowest BCUT2D eigenvalue weighted by Gasteiger charge is -2.00. The predicted molar refractivity (Wildman–Crippen MR) is 69.1 cm³/mol. The highest BCUT2D eigenvalue weighted by Gasteiger charge is 2.14. The molecule has 1 aromatic carbocycles. The number of benzene rings is 1. The van der Waals surface area contributed by atoms with E-state index in [9.17, 15) is 0 Å². The van der Waals surface area contributed by atoms with Crippen LogP contribution in [0.4, 0.5) is 5.69 Å². The summed E-state index contributed by atoms with van der Waals surface area (Å²) in [6.45, 7) is 1.01. The van der Waals surface area contributed by atoms with Crippen molar-refractivity contribution in [3.8, 4) is 11.5 Å². The van der Waals surface area contributed by atoms with Crippen LogP contribution in [0.15, 0.2) is 22.7 Å². The minimum absolute atomic E-state index is 0.602. The van der Waals surface area contributed by atoms with Crippen LogP contribution in [0.5, 0.6) is 0 Å². The minimum atomic E-state index is 0.602. The fourth-order valence-corrected chi connectivity index (χ4v) is 2.36. The van der Waals surface area contributed by atoms with Crippen molar-refractivity contribution in [1.29, 1.82) is 0 Å². The van der Waals surface area contributed by atoms with Crippen molar-refractivity contribution in [3.05, 3.63) is 29.6 Å². The number of thioether (sulfide) groups is 1. The van der Waals surface area contributed by atoms with Gasteiger partial charge in [-0.1, -0.05) is 11.2 Å². The maximum Gasteiger partial charge on any atom is 0.258 e. The molecule has 0 bridgehead atoms. The van der Waals surface area contributed by atoms with E-state index in [4.69, 9.17) is 4.52 Å². The van der Waals surface area contributed by atoms with Gasteiger partial charge in [0.2, 0.25) is 0 Å². The standard InChI is InChI=1S/C12H13N3OS/c1-17-7-11-14-12(16-15-11)9-3-2-8-4-5-13-10(8)6-9/h2-3,6,13H,4-5,7H2,1H3. The molecule has 1 aliphatic rings. The monoisotopic (exact) mass is 247 g/mol. The van der Waals surface area contributed by atoms with E-state index in [1.54, 1.807) is 11.8 Å². The maximum atomic E-state index is 5.26. The van der Waals surface area contributed by atoms with Gasteiger partial charge in [0.1, 0.15) is 0 Å². The summed E-state index contributed by atoms with van der Waals surface area (Å²) in [6, 6.07) is 6.25. The summed E-state index contributed by atoms with van der Waals surface area (Å²) in [4.78, 5) is 4.37. The molecule has 0 saturated carbocycles. The minimum Gasteiger partial charge on any atom is -0.384 e. The third kappa shape index (κ3) is 2.02. The Hall–Kier alpha value is -1.49. The van der Waals surface area contributed by atoms with Gasteiger partial charge in [-0.05, 0) is 30.4 Å². The van der Waals surface area contributed by atoms with Crippen LogP contribution in [0.25, 0.3) is 11.5 Å². The van der Waals surface area contributed by atoms with Gasteiger partial charge in [-0.25, -0.2) is 0 Å². The molecule has 0 amide bonds. The van der Waals surface area contributed by atoms with Crippen LogP contribution in [0.2, 0.25) is 0 Å². The van der Waals surface area contributed by atoms with Gasteiger partial charge < -0.3 is 9.84 Å². The largest absolute Gasteiger partial charge is 0.384 e. The summed E-state index contributed by atoms with van der Waals surface area (Å²) in [7, 11) is 0. The molecule has 88 valence electrons. The van der Waals surface area contributed by atoms with E-state index in [2.05, 4.69) is 27.6 Å². The highest BCUT2D eigenvalue weighted by Crippen LogP contribution is 2.28. The molecule has 0 radical (unpaired) electrons. The van der Waals surface area contributed by atoms with Gasteiger partial charge in [0.25, 0.3) is 5.89 Å². The van der Waals surface area contributed by atoms with E-state index in [-0.39, 0.29) is 0 Å². The summed E-state index contributed by atoms with van der Waals surface area (Å²) in [6.07, 6.45) is 3.12. The SMILES string of the molecule is CSCc1noc(-c2ccc3c(c2)NCC3)n1. The number of hydrogen-bond donors (Lipinski definition) is 1. The number of fused-ring (bicyclic) bond motifs is 1. The molecular formula is C12H13N3OS. The second-order valence-electron chi connectivity index (χ2n) is 4.00. The van der Waals surface area contributed by atoms with Gasteiger partial charge in [0.15, 0.2) is 5.82 Å². The molecule has 2 heterocycles. The second kappa shape index (κ2) is 4.41. The first-order valence-electron chi connectivity index (χ1n) is 5.55. The highest BCUT2D eigenvalue weighted by atomic mass is 32.2. The van der Waals surface area contributed by atoms with Gasteiger partial charge in [-0.2, -0.15) is 16.7 Å². The summed E-state index contributed by atoms with van der Waals surface area (Å²) in [5.41, 5.74) is 3.53. The highest BCUT2D eigenvalue weighted by molar-refractivity contribution is 7.97. The molecule has 17 heavy (non-hydrogen) atoms. The number of anilines is 1. The molecule has 1 aliphatic heterocycles. The number of nitrogens with one attached hydrogen (secondary N) is 1. The number of rotatable bonds is 3. The van der Waals surface area contributed by atoms with Crippen LogP contribution < -0.4 is 5.32 Å². The zero-order chi connectivity index (χ0) is 11.7. The van der Waals surface area contributed by atoms with Gasteiger partial charge in [-0.15, -0.1) is 0 Å². The van der Waals surface area contributed by atoms with Gasteiger partial charge >= 0.3 is 0 Å². The molecule has 2 aromatic rings. The molecular weight excluding hydrogens is 234 g/mol. The Morgan fingerprint density at radius 3 is 3.29 bits per heavy atom. The van der Waals surface area contributed by atoms with E-state index >= 15 is 0 Å². The summed E-state index contributed by atoms with van der Waals surface area (Å²) >= 11 is 1.69. The molecule has 0 fully saturated rings. The number of nitrogens with zero attached hydrogens (tertiary/aromatic N) is 2. The second-order valence-corrected chi connectivity index (χ2v) is 4.86. The zero-order valence-electron chi connectivity index (χ0n) is 9.56. The van der Waals surface area contributed by atoms with Crippen LogP contribution in [0, 0.1) is 0 Å². The lowest BCUT2D eigenvalue weighted by molar-refractivity contribution is 0.425. The van der Waals surface area contributed by atoms with Crippen LogP contribution >= 0.6 is 11.8 Å². The Kier molecular flexibility index (Phi) is 2.76. The van der Waals surface area contributed by atoms with Crippen molar-refractivity contribution >= 4 is 17.4 Å². The van der Waals surface area contributed by atoms with Gasteiger partial charge in [0.05, 0.1) is 5.75 Å². The van der Waals surface area contributed by atoms with Crippen molar-refractivity contribution in [1.82, 2.24) is 10.1 Å². The Bertz CT molecular complexity index is 538. The number of aromatic nitrogens is 2. The Morgan fingerprint density at radius 2 is 2.41 bits per heavy atom. The molecule has 0 saturated heterocycles. The average Bonchev–Trinajstić information content (AvgIpc) is 2.96. The third-order valence-corrected chi connectivity index (χ3v) is 3.36. The van der Waals surface area contributed by atoms with Crippen molar-refractivity contribution in [3.63, 3.8) is 0 Å². The first-order valence-corrected chi connectivity index (χ1v) is 6.95. The number of hydrogen-bond acceptors (Lipinski definition) is 5.